The highest BCUT2D eigenvalue weighted by Gasteiger charge is 2.45. The molecule has 2 fully saturated rings. The van der Waals surface area contributed by atoms with Crippen molar-refractivity contribution in [3.63, 3.8) is 0 Å². The van der Waals surface area contributed by atoms with E-state index in [0.29, 0.717) is 6.54 Å². The molecule has 1 aromatic carbocycles. The Labute approximate surface area is 167 Å². The third-order valence-electron chi connectivity index (χ3n) is 6.56. The van der Waals surface area contributed by atoms with Gasteiger partial charge in [-0.05, 0) is 49.5 Å². The Hall–Kier alpha value is -2.17. The van der Waals surface area contributed by atoms with E-state index in [2.05, 4.69) is 6.92 Å². The summed E-state index contributed by atoms with van der Waals surface area (Å²) in [6, 6.07) is 9.00. The summed E-state index contributed by atoms with van der Waals surface area (Å²) in [6.45, 7) is 2.42. The van der Waals surface area contributed by atoms with Crippen molar-refractivity contribution in [2.24, 2.45) is 11.8 Å². The number of rotatable bonds is 6. The van der Waals surface area contributed by atoms with Gasteiger partial charge in [0.15, 0.2) is 0 Å². The fraction of sp³-hybridized carbons (Fsp3) is 0.609. The number of aliphatic carboxylic acids is 1. The van der Waals surface area contributed by atoms with Crippen molar-refractivity contribution in [1.29, 1.82) is 0 Å². The standard InChI is InChI=1S/C23H31NO4/c1-2-18(16-10-5-3-6-11-16)19-14-9-15-24(20(19)23(27)28)22(26)21(25)17-12-7-4-8-13-17/h3,5-6,10-11,17-20H,2,4,7-9,12-15H2,1H3,(H,27,28). The molecule has 3 atom stereocenters. The van der Waals surface area contributed by atoms with Crippen LogP contribution in [0.3, 0.4) is 0 Å². The molecule has 1 amide bonds. The van der Waals surface area contributed by atoms with Crippen molar-refractivity contribution in [3.05, 3.63) is 35.9 Å². The number of hydrogen-bond acceptors (Lipinski definition) is 3. The molecule has 3 unspecified atom stereocenters. The van der Waals surface area contributed by atoms with Crippen LogP contribution in [0, 0.1) is 11.8 Å². The Morgan fingerprint density at radius 3 is 2.32 bits per heavy atom. The fourth-order valence-corrected chi connectivity index (χ4v) is 5.16. The Morgan fingerprint density at radius 2 is 1.71 bits per heavy atom. The fourth-order valence-electron chi connectivity index (χ4n) is 5.16. The Morgan fingerprint density at radius 1 is 1.04 bits per heavy atom. The van der Waals surface area contributed by atoms with Gasteiger partial charge in [-0.1, -0.05) is 56.5 Å². The van der Waals surface area contributed by atoms with Gasteiger partial charge < -0.3 is 10.0 Å². The first-order valence-corrected chi connectivity index (χ1v) is 10.7. The van der Waals surface area contributed by atoms with Crippen LogP contribution in [-0.2, 0) is 14.4 Å². The van der Waals surface area contributed by atoms with E-state index >= 15 is 0 Å². The van der Waals surface area contributed by atoms with Gasteiger partial charge in [0.1, 0.15) is 6.04 Å². The summed E-state index contributed by atoms with van der Waals surface area (Å²) >= 11 is 0. The third-order valence-corrected chi connectivity index (χ3v) is 6.56. The molecule has 0 bridgehead atoms. The molecule has 152 valence electrons. The maximum atomic E-state index is 13.0. The van der Waals surface area contributed by atoms with Crippen molar-refractivity contribution in [2.75, 3.05) is 6.54 Å². The minimum absolute atomic E-state index is 0.0580. The average Bonchev–Trinajstić information content (AvgIpc) is 2.74. The number of likely N-dealkylation sites (tertiary alicyclic amines) is 1. The second-order valence-corrected chi connectivity index (χ2v) is 8.21. The summed E-state index contributed by atoms with van der Waals surface area (Å²) in [4.78, 5) is 39.4. The van der Waals surface area contributed by atoms with Crippen LogP contribution in [0.1, 0.15) is 69.8 Å². The minimum atomic E-state index is -0.996. The van der Waals surface area contributed by atoms with E-state index < -0.39 is 17.9 Å². The lowest BCUT2D eigenvalue weighted by atomic mass is 9.74. The van der Waals surface area contributed by atoms with Gasteiger partial charge in [0.05, 0.1) is 0 Å². The molecule has 2 aliphatic rings. The summed E-state index contributed by atoms with van der Waals surface area (Å²) in [5, 5.41) is 10.0. The first kappa shape index (κ1) is 20.6. The van der Waals surface area contributed by atoms with E-state index in [-0.39, 0.29) is 23.5 Å². The number of Topliss-reactive ketones (excluding diaryl/α,β-unsaturated/α-hetero) is 1. The van der Waals surface area contributed by atoms with Crippen LogP contribution in [0.15, 0.2) is 30.3 Å². The molecule has 1 N–H and O–H groups in total. The summed E-state index contributed by atoms with van der Waals surface area (Å²) in [5.74, 6) is -2.30. The predicted octanol–water partition coefficient (Wildman–Crippen LogP) is 4.02. The zero-order valence-corrected chi connectivity index (χ0v) is 16.7. The van der Waals surface area contributed by atoms with E-state index in [9.17, 15) is 19.5 Å². The SMILES string of the molecule is CCC(c1ccccc1)C1CCCN(C(=O)C(=O)C2CCCCC2)C1C(=O)O. The number of piperidine rings is 1. The summed E-state index contributed by atoms with van der Waals surface area (Å²) in [7, 11) is 0. The van der Waals surface area contributed by atoms with E-state index in [4.69, 9.17) is 0 Å². The highest BCUT2D eigenvalue weighted by molar-refractivity contribution is 6.37. The maximum absolute atomic E-state index is 13.0. The molecule has 0 aromatic heterocycles. The van der Waals surface area contributed by atoms with Crippen LogP contribution >= 0.6 is 0 Å². The van der Waals surface area contributed by atoms with Gasteiger partial charge in [-0.2, -0.15) is 0 Å². The molecule has 5 nitrogen and oxygen atoms in total. The number of carbonyl (C=O) groups excluding carboxylic acids is 2. The van der Waals surface area contributed by atoms with Crippen LogP contribution in [0.2, 0.25) is 0 Å². The van der Waals surface area contributed by atoms with Crippen LogP contribution in [0.5, 0.6) is 0 Å². The van der Waals surface area contributed by atoms with Crippen molar-refractivity contribution in [3.8, 4) is 0 Å². The zero-order valence-electron chi connectivity index (χ0n) is 16.7. The van der Waals surface area contributed by atoms with E-state index in [1.54, 1.807) is 0 Å². The minimum Gasteiger partial charge on any atom is -0.480 e. The number of benzene rings is 1. The first-order chi connectivity index (χ1) is 13.5. The number of hydrogen-bond donors (Lipinski definition) is 1. The lowest BCUT2D eigenvalue weighted by molar-refractivity contribution is -0.159. The lowest BCUT2D eigenvalue weighted by Crippen LogP contribution is -2.56. The topological polar surface area (TPSA) is 74.7 Å². The summed E-state index contributed by atoms with van der Waals surface area (Å²) < 4.78 is 0. The van der Waals surface area contributed by atoms with Crippen molar-refractivity contribution in [1.82, 2.24) is 4.90 Å². The molecule has 1 saturated heterocycles. The van der Waals surface area contributed by atoms with Crippen LogP contribution < -0.4 is 0 Å². The van der Waals surface area contributed by atoms with Gasteiger partial charge >= 0.3 is 5.97 Å². The van der Waals surface area contributed by atoms with Gasteiger partial charge in [0, 0.05) is 12.5 Å². The predicted molar refractivity (Wildman–Crippen MR) is 107 cm³/mol. The summed E-state index contributed by atoms with van der Waals surface area (Å²) in [5.41, 5.74) is 1.11. The Balaban J connectivity index is 1.84. The lowest BCUT2D eigenvalue weighted by Gasteiger charge is -2.42. The highest BCUT2D eigenvalue weighted by Crippen LogP contribution is 2.38. The van der Waals surface area contributed by atoms with Gasteiger partial charge in [-0.25, -0.2) is 4.79 Å². The van der Waals surface area contributed by atoms with Gasteiger partial charge in [0.25, 0.3) is 5.91 Å². The highest BCUT2D eigenvalue weighted by atomic mass is 16.4. The number of carbonyl (C=O) groups is 3. The molecule has 3 rings (SSSR count). The van der Waals surface area contributed by atoms with Crippen LogP contribution in [-0.4, -0.2) is 40.3 Å². The second-order valence-electron chi connectivity index (χ2n) is 8.21. The molecule has 0 radical (unpaired) electrons. The molecular weight excluding hydrogens is 354 g/mol. The van der Waals surface area contributed by atoms with E-state index in [0.717, 1.165) is 56.9 Å². The molecular formula is C23H31NO4. The zero-order chi connectivity index (χ0) is 20.1. The second kappa shape index (κ2) is 9.35. The molecule has 1 aromatic rings. The first-order valence-electron chi connectivity index (χ1n) is 10.7. The largest absolute Gasteiger partial charge is 0.480 e. The van der Waals surface area contributed by atoms with Crippen LogP contribution in [0.4, 0.5) is 0 Å². The van der Waals surface area contributed by atoms with Gasteiger partial charge in [0.2, 0.25) is 5.78 Å². The Bertz CT molecular complexity index is 696. The maximum Gasteiger partial charge on any atom is 0.326 e. The van der Waals surface area contributed by atoms with Crippen molar-refractivity contribution >= 4 is 17.7 Å². The molecule has 1 aliphatic heterocycles. The number of carboxylic acid groups (broad SMARTS) is 1. The monoisotopic (exact) mass is 385 g/mol. The molecule has 28 heavy (non-hydrogen) atoms. The Kier molecular flexibility index (Phi) is 6.87. The molecule has 0 spiro atoms. The molecule has 5 heteroatoms. The van der Waals surface area contributed by atoms with Gasteiger partial charge in [-0.3, -0.25) is 9.59 Å². The molecule has 1 saturated carbocycles. The van der Waals surface area contributed by atoms with Crippen molar-refractivity contribution in [2.45, 2.75) is 70.3 Å². The van der Waals surface area contributed by atoms with E-state index in [1.807, 2.05) is 30.3 Å². The normalized spacial score (nSPS) is 24.5. The van der Waals surface area contributed by atoms with Gasteiger partial charge in [-0.15, -0.1) is 0 Å². The average molecular weight is 386 g/mol. The molecule has 1 aliphatic carbocycles. The van der Waals surface area contributed by atoms with Crippen molar-refractivity contribution < 1.29 is 19.5 Å². The summed E-state index contributed by atoms with van der Waals surface area (Å²) in [6.07, 6.45) is 6.85. The smallest absolute Gasteiger partial charge is 0.326 e. The number of amides is 1. The quantitative estimate of drug-likeness (QED) is 0.751. The number of carboxylic acids is 1. The van der Waals surface area contributed by atoms with Crippen LogP contribution in [0.25, 0.3) is 0 Å². The number of nitrogens with zero attached hydrogens (tertiary/aromatic N) is 1. The third kappa shape index (κ3) is 4.29. The number of ketones is 1. The van der Waals surface area contributed by atoms with E-state index in [1.165, 1.54) is 4.90 Å². The molecule has 1 heterocycles.